The second-order valence-electron chi connectivity index (χ2n) is 4.86. The van der Waals surface area contributed by atoms with E-state index in [-0.39, 0.29) is 10.4 Å². The first kappa shape index (κ1) is 16.6. The average Bonchev–Trinajstić information content (AvgIpc) is 2.96. The van der Waals surface area contributed by atoms with E-state index in [4.69, 9.17) is 37.4 Å². The Kier molecular flexibility index (Phi) is 4.64. The molecule has 1 aromatic carbocycles. The summed E-state index contributed by atoms with van der Waals surface area (Å²) in [5.74, 6) is 1.68. The first-order valence-corrected chi connectivity index (χ1v) is 7.65. The zero-order valence-corrected chi connectivity index (χ0v) is 14.7. The van der Waals surface area contributed by atoms with Crippen molar-refractivity contribution >= 4 is 34.4 Å². The monoisotopic (exact) mass is 368 g/mol. The molecule has 0 spiro atoms. The van der Waals surface area contributed by atoms with E-state index in [0.29, 0.717) is 35.0 Å². The van der Waals surface area contributed by atoms with Crippen molar-refractivity contribution in [3.05, 3.63) is 34.5 Å². The number of halogens is 2. The van der Waals surface area contributed by atoms with E-state index < -0.39 is 0 Å². The molecule has 24 heavy (non-hydrogen) atoms. The van der Waals surface area contributed by atoms with Crippen molar-refractivity contribution in [2.45, 2.75) is 6.54 Å². The standard InChI is InChI=1S/C15H14Cl2N4O3/c1-22-9-4-8(5-10(23-2)12(9)24-3)6-21-7-18-11-13(16)19-15(17)20-14(11)21/h4-5,7H,6H2,1-3H3. The van der Waals surface area contributed by atoms with Crippen LogP contribution in [0.3, 0.4) is 0 Å². The molecule has 126 valence electrons. The van der Waals surface area contributed by atoms with Crippen LogP contribution in [0.4, 0.5) is 0 Å². The van der Waals surface area contributed by atoms with Crippen molar-refractivity contribution in [2.75, 3.05) is 21.3 Å². The number of rotatable bonds is 5. The van der Waals surface area contributed by atoms with Crippen LogP contribution >= 0.6 is 23.2 Å². The molecule has 0 saturated heterocycles. The third kappa shape index (κ3) is 2.92. The molecule has 0 unspecified atom stereocenters. The second kappa shape index (κ2) is 6.70. The molecule has 3 aromatic rings. The topological polar surface area (TPSA) is 71.3 Å². The molecule has 3 rings (SSSR count). The number of hydrogen-bond acceptors (Lipinski definition) is 6. The van der Waals surface area contributed by atoms with Gasteiger partial charge in [0.2, 0.25) is 11.0 Å². The van der Waals surface area contributed by atoms with Crippen LogP contribution < -0.4 is 14.2 Å². The lowest BCUT2D eigenvalue weighted by atomic mass is 10.1. The van der Waals surface area contributed by atoms with Crippen LogP contribution in [0.5, 0.6) is 17.2 Å². The first-order valence-electron chi connectivity index (χ1n) is 6.90. The number of nitrogens with zero attached hydrogens (tertiary/aromatic N) is 4. The highest BCUT2D eigenvalue weighted by atomic mass is 35.5. The van der Waals surface area contributed by atoms with Gasteiger partial charge in [-0.1, -0.05) is 11.6 Å². The molecule has 2 heterocycles. The van der Waals surface area contributed by atoms with Crippen molar-refractivity contribution < 1.29 is 14.2 Å². The molecule has 9 heteroatoms. The number of ether oxygens (including phenoxy) is 3. The van der Waals surface area contributed by atoms with Crippen LogP contribution in [0.1, 0.15) is 5.56 Å². The van der Waals surface area contributed by atoms with Gasteiger partial charge in [-0.25, -0.2) is 9.97 Å². The van der Waals surface area contributed by atoms with Gasteiger partial charge in [0.1, 0.15) is 5.52 Å². The SMILES string of the molecule is COc1cc(Cn2cnc3c(Cl)nc(Cl)nc32)cc(OC)c1OC. The molecule has 0 atom stereocenters. The van der Waals surface area contributed by atoms with Gasteiger partial charge in [0.25, 0.3) is 0 Å². The largest absolute Gasteiger partial charge is 0.493 e. The molecule has 0 aliphatic heterocycles. The number of methoxy groups -OCH3 is 3. The first-order chi connectivity index (χ1) is 11.6. The number of imidazole rings is 1. The van der Waals surface area contributed by atoms with Gasteiger partial charge < -0.3 is 18.8 Å². The maximum Gasteiger partial charge on any atom is 0.225 e. The summed E-state index contributed by atoms with van der Waals surface area (Å²) < 4.78 is 17.9. The number of fused-ring (bicyclic) bond motifs is 1. The fourth-order valence-corrected chi connectivity index (χ4v) is 2.85. The Balaban J connectivity index is 2.06. The van der Waals surface area contributed by atoms with Crippen molar-refractivity contribution in [2.24, 2.45) is 0 Å². The maximum absolute atomic E-state index is 6.05. The Bertz CT molecular complexity index is 873. The molecule has 2 aromatic heterocycles. The zero-order chi connectivity index (χ0) is 17.3. The van der Waals surface area contributed by atoms with Crippen molar-refractivity contribution in [1.82, 2.24) is 19.5 Å². The summed E-state index contributed by atoms with van der Waals surface area (Å²) in [5.41, 5.74) is 1.96. The number of aromatic nitrogens is 4. The van der Waals surface area contributed by atoms with Crippen molar-refractivity contribution in [3.63, 3.8) is 0 Å². The summed E-state index contributed by atoms with van der Waals surface area (Å²) in [6, 6.07) is 3.72. The van der Waals surface area contributed by atoms with Gasteiger partial charge in [-0.05, 0) is 29.3 Å². The normalized spacial score (nSPS) is 10.9. The van der Waals surface area contributed by atoms with Crippen LogP contribution in [0.15, 0.2) is 18.5 Å². The van der Waals surface area contributed by atoms with Crippen LogP contribution in [0.25, 0.3) is 11.2 Å². The second-order valence-corrected chi connectivity index (χ2v) is 5.56. The highest BCUT2D eigenvalue weighted by Crippen LogP contribution is 2.38. The molecule has 0 saturated carbocycles. The Hall–Kier alpha value is -2.25. The third-order valence-electron chi connectivity index (χ3n) is 3.47. The van der Waals surface area contributed by atoms with Crippen molar-refractivity contribution in [3.8, 4) is 17.2 Å². The summed E-state index contributed by atoms with van der Waals surface area (Å²) >= 11 is 11.9. The lowest BCUT2D eigenvalue weighted by molar-refractivity contribution is 0.323. The minimum Gasteiger partial charge on any atom is -0.493 e. The molecule has 0 bridgehead atoms. The van der Waals surface area contributed by atoms with Gasteiger partial charge in [-0.15, -0.1) is 0 Å². The van der Waals surface area contributed by atoms with E-state index in [1.165, 1.54) is 0 Å². The van der Waals surface area contributed by atoms with Crippen LogP contribution in [-0.2, 0) is 6.54 Å². The predicted molar refractivity (Wildman–Crippen MR) is 90.5 cm³/mol. The Labute approximate surface area is 148 Å². The van der Waals surface area contributed by atoms with Gasteiger partial charge >= 0.3 is 0 Å². The molecule has 0 N–H and O–H groups in total. The van der Waals surface area contributed by atoms with Gasteiger partial charge in [0, 0.05) is 0 Å². The van der Waals surface area contributed by atoms with Crippen LogP contribution in [-0.4, -0.2) is 40.8 Å². The van der Waals surface area contributed by atoms with Crippen molar-refractivity contribution in [1.29, 1.82) is 0 Å². The summed E-state index contributed by atoms with van der Waals surface area (Å²) in [5, 5.41) is 0.285. The Morgan fingerprint density at radius 1 is 1.00 bits per heavy atom. The molecule has 0 aliphatic rings. The molecule has 0 aliphatic carbocycles. The lowest BCUT2D eigenvalue weighted by Gasteiger charge is -2.14. The van der Waals surface area contributed by atoms with E-state index in [1.807, 2.05) is 16.7 Å². The quantitative estimate of drug-likeness (QED) is 0.508. The zero-order valence-electron chi connectivity index (χ0n) is 13.2. The molecule has 0 amide bonds. The molecule has 0 fully saturated rings. The molecular weight excluding hydrogens is 355 g/mol. The minimum atomic E-state index is 0.0687. The predicted octanol–water partition coefficient (Wildman–Crippen LogP) is 3.21. The number of benzene rings is 1. The van der Waals surface area contributed by atoms with Crippen LogP contribution in [0, 0.1) is 0 Å². The minimum absolute atomic E-state index is 0.0687. The van der Waals surface area contributed by atoms with E-state index in [0.717, 1.165) is 5.56 Å². The van der Waals surface area contributed by atoms with Crippen LogP contribution in [0.2, 0.25) is 10.4 Å². The molecule has 7 nitrogen and oxygen atoms in total. The van der Waals surface area contributed by atoms with Gasteiger partial charge in [-0.2, -0.15) is 4.98 Å². The molecular formula is C15H14Cl2N4O3. The summed E-state index contributed by atoms with van der Waals surface area (Å²) in [6.45, 7) is 0.469. The van der Waals surface area contributed by atoms with Gasteiger partial charge in [0.05, 0.1) is 34.2 Å². The van der Waals surface area contributed by atoms with E-state index in [9.17, 15) is 0 Å². The fraction of sp³-hybridized carbons (Fsp3) is 0.267. The average molecular weight is 369 g/mol. The Morgan fingerprint density at radius 3 is 2.25 bits per heavy atom. The van der Waals surface area contributed by atoms with E-state index >= 15 is 0 Å². The number of hydrogen-bond donors (Lipinski definition) is 0. The highest BCUT2D eigenvalue weighted by molar-refractivity contribution is 6.35. The fourth-order valence-electron chi connectivity index (χ4n) is 2.42. The smallest absolute Gasteiger partial charge is 0.225 e. The summed E-state index contributed by atoms with van der Waals surface area (Å²) in [7, 11) is 4.70. The van der Waals surface area contributed by atoms with E-state index in [2.05, 4.69) is 15.0 Å². The Morgan fingerprint density at radius 2 is 1.67 bits per heavy atom. The van der Waals surface area contributed by atoms with Gasteiger partial charge in [-0.3, -0.25) is 0 Å². The van der Waals surface area contributed by atoms with E-state index in [1.54, 1.807) is 27.7 Å². The lowest BCUT2D eigenvalue weighted by Crippen LogP contribution is -2.02. The summed E-state index contributed by atoms with van der Waals surface area (Å²) in [4.78, 5) is 12.3. The summed E-state index contributed by atoms with van der Waals surface area (Å²) in [6.07, 6.45) is 1.63. The highest BCUT2D eigenvalue weighted by Gasteiger charge is 2.15. The van der Waals surface area contributed by atoms with Gasteiger partial charge in [0.15, 0.2) is 22.3 Å². The maximum atomic E-state index is 6.05. The molecule has 0 radical (unpaired) electrons. The third-order valence-corrected chi connectivity index (χ3v) is 3.90.